The summed E-state index contributed by atoms with van der Waals surface area (Å²) in [6, 6.07) is 0.182. The Kier molecular flexibility index (Phi) is 3.56. The van der Waals surface area contributed by atoms with Gasteiger partial charge in [0.2, 0.25) is 12.2 Å². The molecular formula is C13H18N2O2. The summed E-state index contributed by atoms with van der Waals surface area (Å²) in [7, 11) is 0. The van der Waals surface area contributed by atoms with E-state index in [1.807, 2.05) is 13.8 Å². The molecule has 0 spiro atoms. The molecule has 0 saturated heterocycles. The fraction of sp³-hybridized carbons (Fsp3) is 0.846. The summed E-state index contributed by atoms with van der Waals surface area (Å²) in [5.74, 6) is 2.32. The highest BCUT2D eigenvalue weighted by Crippen LogP contribution is 2.54. The molecule has 0 aromatic carbocycles. The second-order valence-corrected chi connectivity index (χ2v) is 5.48. The smallest absolute Gasteiger partial charge is 0.211 e. The average Bonchev–Trinajstić information content (AvgIpc) is 2.88. The molecule has 2 aliphatic carbocycles. The molecule has 0 N–H and O–H groups in total. The van der Waals surface area contributed by atoms with E-state index in [2.05, 4.69) is 9.98 Å². The first-order valence-corrected chi connectivity index (χ1v) is 6.31. The number of carbonyl (C=O) groups excluding carboxylic acids is 2. The molecule has 4 heteroatoms. The predicted molar refractivity (Wildman–Crippen MR) is 63.0 cm³/mol. The van der Waals surface area contributed by atoms with Gasteiger partial charge in [-0.2, -0.15) is 0 Å². The summed E-state index contributed by atoms with van der Waals surface area (Å²) in [6.45, 7) is 4.00. The Morgan fingerprint density at radius 2 is 1.29 bits per heavy atom. The van der Waals surface area contributed by atoms with Crippen LogP contribution in [0.5, 0.6) is 0 Å². The normalized spacial score (nSPS) is 38.0. The molecule has 92 valence electrons. The largest absolute Gasteiger partial charge is 0.235 e. The molecule has 6 atom stereocenters. The lowest BCUT2D eigenvalue weighted by Crippen LogP contribution is -2.29. The van der Waals surface area contributed by atoms with Crippen molar-refractivity contribution in [2.24, 2.45) is 33.7 Å². The maximum absolute atomic E-state index is 10.3. The highest BCUT2D eigenvalue weighted by Gasteiger charge is 2.48. The van der Waals surface area contributed by atoms with Crippen molar-refractivity contribution in [2.45, 2.75) is 45.2 Å². The van der Waals surface area contributed by atoms with E-state index in [1.54, 1.807) is 12.2 Å². The van der Waals surface area contributed by atoms with Gasteiger partial charge in [-0.05, 0) is 56.8 Å². The number of nitrogens with zero attached hydrogens (tertiary/aromatic N) is 2. The van der Waals surface area contributed by atoms with Gasteiger partial charge in [-0.3, -0.25) is 0 Å². The molecule has 2 bridgehead atoms. The lowest BCUT2D eigenvalue weighted by molar-refractivity contribution is 0.215. The Balaban J connectivity index is 2.00. The molecule has 0 radical (unpaired) electrons. The summed E-state index contributed by atoms with van der Waals surface area (Å²) >= 11 is 0. The van der Waals surface area contributed by atoms with Crippen molar-refractivity contribution in [1.29, 1.82) is 0 Å². The molecule has 2 rings (SSSR count). The fourth-order valence-electron chi connectivity index (χ4n) is 3.90. The number of fused-ring (bicyclic) bond motifs is 2. The summed E-state index contributed by atoms with van der Waals surface area (Å²) < 4.78 is 0. The molecule has 0 heterocycles. The first-order valence-electron chi connectivity index (χ1n) is 6.31. The van der Waals surface area contributed by atoms with Crippen LogP contribution in [0.15, 0.2) is 9.98 Å². The van der Waals surface area contributed by atoms with Crippen LogP contribution >= 0.6 is 0 Å². The fourth-order valence-corrected chi connectivity index (χ4v) is 3.90. The van der Waals surface area contributed by atoms with E-state index in [-0.39, 0.29) is 12.1 Å². The first kappa shape index (κ1) is 12.2. The lowest BCUT2D eigenvalue weighted by atomic mass is 9.76. The van der Waals surface area contributed by atoms with Crippen LogP contribution in [0.3, 0.4) is 0 Å². The van der Waals surface area contributed by atoms with Gasteiger partial charge in [0.1, 0.15) is 0 Å². The van der Waals surface area contributed by atoms with Crippen LogP contribution in [0.1, 0.15) is 33.1 Å². The molecular weight excluding hydrogens is 216 g/mol. The number of hydrogen-bond donors (Lipinski definition) is 0. The van der Waals surface area contributed by atoms with Crippen molar-refractivity contribution in [2.75, 3.05) is 0 Å². The van der Waals surface area contributed by atoms with Crippen molar-refractivity contribution in [3.8, 4) is 0 Å². The topological polar surface area (TPSA) is 58.9 Å². The van der Waals surface area contributed by atoms with Gasteiger partial charge in [0.25, 0.3) is 0 Å². The van der Waals surface area contributed by atoms with Gasteiger partial charge in [-0.25, -0.2) is 19.6 Å². The Morgan fingerprint density at radius 1 is 0.882 bits per heavy atom. The molecule has 0 aromatic heterocycles. The van der Waals surface area contributed by atoms with E-state index >= 15 is 0 Å². The Hall–Kier alpha value is -1.24. The van der Waals surface area contributed by atoms with Gasteiger partial charge in [-0.15, -0.1) is 0 Å². The molecule has 0 aromatic rings. The van der Waals surface area contributed by atoms with Crippen molar-refractivity contribution < 1.29 is 9.59 Å². The number of aliphatic imine (C=N–C) groups is 2. The van der Waals surface area contributed by atoms with E-state index in [9.17, 15) is 9.59 Å². The van der Waals surface area contributed by atoms with Gasteiger partial charge >= 0.3 is 0 Å². The Bertz CT molecular complexity index is 347. The van der Waals surface area contributed by atoms with Gasteiger partial charge in [0.05, 0.1) is 12.1 Å². The van der Waals surface area contributed by atoms with Crippen molar-refractivity contribution in [3.63, 3.8) is 0 Å². The highest BCUT2D eigenvalue weighted by atomic mass is 16.1. The quantitative estimate of drug-likeness (QED) is 0.552. The zero-order valence-corrected chi connectivity index (χ0v) is 10.3. The third kappa shape index (κ3) is 2.24. The highest BCUT2D eigenvalue weighted by molar-refractivity contribution is 5.34. The second-order valence-electron chi connectivity index (χ2n) is 5.48. The van der Waals surface area contributed by atoms with Crippen molar-refractivity contribution in [1.82, 2.24) is 0 Å². The molecule has 17 heavy (non-hydrogen) atoms. The average molecular weight is 234 g/mol. The van der Waals surface area contributed by atoms with Crippen molar-refractivity contribution in [3.05, 3.63) is 0 Å². The third-order valence-electron chi connectivity index (χ3n) is 4.72. The molecule has 4 nitrogen and oxygen atoms in total. The minimum Gasteiger partial charge on any atom is -0.211 e. The monoisotopic (exact) mass is 234 g/mol. The maximum Gasteiger partial charge on any atom is 0.235 e. The molecule has 0 amide bonds. The van der Waals surface area contributed by atoms with E-state index in [1.165, 1.54) is 6.42 Å². The van der Waals surface area contributed by atoms with Crippen LogP contribution < -0.4 is 0 Å². The first-order chi connectivity index (χ1) is 8.17. The molecule has 2 fully saturated rings. The van der Waals surface area contributed by atoms with E-state index in [0.717, 1.165) is 12.8 Å². The maximum atomic E-state index is 10.3. The minimum absolute atomic E-state index is 0.0910. The second kappa shape index (κ2) is 4.95. The Morgan fingerprint density at radius 3 is 1.59 bits per heavy atom. The van der Waals surface area contributed by atoms with Crippen LogP contribution in [-0.4, -0.2) is 24.2 Å². The SMILES string of the molecule is CC(N=C=O)C1CC2CC1CC2C(C)N=C=O. The minimum atomic E-state index is 0.0910. The van der Waals surface area contributed by atoms with Gasteiger partial charge < -0.3 is 0 Å². The van der Waals surface area contributed by atoms with E-state index < -0.39 is 0 Å². The summed E-state index contributed by atoms with van der Waals surface area (Å²) in [6.07, 6.45) is 6.75. The van der Waals surface area contributed by atoms with Crippen LogP contribution in [0.25, 0.3) is 0 Å². The third-order valence-corrected chi connectivity index (χ3v) is 4.72. The van der Waals surface area contributed by atoms with E-state index in [0.29, 0.717) is 23.7 Å². The summed E-state index contributed by atoms with van der Waals surface area (Å²) in [5.41, 5.74) is 0. The van der Waals surface area contributed by atoms with Crippen LogP contribution in [0.2, 0.25) is 0 Å². The van der Waals surface area contributed by atoms with Crippen LogP contribution in [0, 0.1) is 23.7 Å². The standard InChI is InChI=1S/C13H18N2O2/c1-8(14-6-16)12-4-11-3-10(12)5-13(11)9(2)15-7-17/h8-13H,3-5H2,1-2H3. The van der Waals surface area contributed by atoms with E-state index in [4.69, 9.17) is 0 Å². The zero-order chi connectivity index (χ0) is 12.4. The number of isocyanates is 2. The predicted octanol–water partition coefficient (Wildman–Crippen LogP) is 2.10. The summed E-state index contributed by atoms with van der Waals surface area (Å²) in [5, 5.41) is 0. The van der Waals surface area contributed by atoms with Crippen LogP contribution in [0.4, 0.5) is 0 Å². The molecule has 2 aliphatic rings. The zero-order valence-electron chi connectivity index (χ0n) is 10.3. The molecule has 6 unspecified atom stereocenters. The van der Waals surface area contributed by atoms with Gasteiger partial charge in [0, 0.05) is 0 Å². The molecule has 2 saturated carbocycles. The Labute approximate surface area is 101 Å². The van der Waals surface area contributed by atoms with Crippen LogP contribution in [-0.2, 0) is 9.59 Å². The van der Waals surface area contributed by atoms with Gasteiger partial charge in [0.15, 0.2) is 0 Å². The molecule has 0 aliphatic heterocycles. The number of hydrogen-bond acceptors (Lipinski definition) is 4. The van der Waals surface area contributed by atoms with Crippen molar-refractivity contribution >= 4 is 12.2 Å². The lowest BCUT2D eigenvalue weighted by Gasteiger charge is -2.31. The summed E-state index contributed by atoms with van der Waals surface area (Å²) in [4.78, 5) is 28.3. The number of rotatable bonds is 4. The van der Waals surface area contributed by atoms with Gasteiger partial charge in [-0.1, -0.05) is 0 Å².